The third kappa shape index (κ3) is 3.28. The Labute approximate surface area is 191 Å². The number of rotatable bonds is 4. The minimum Gasteiger partial charge on any atom is -0.364 e. The number of likely N-dealkylation sites (tertiary alicyclic amines) is 2. The summed E-state index contributed by atoms with van der Waals surface area (Å²) in [6.07, 6.45) is 7.80. The van der Waals surface area contributed by atoms with E-state index >= 15 is 4.39 Å². The molecule has 2 fully saturated rings. The lowest BCUT2D eigenvalue weighted by Gasteiger charge is -2.43. The summed E-state index contributed by atoms with van der Waals surface area (Å²) in [4.78, 5) is 40.4. The van der Waals surface area contributed by atoms with E-state index in [0.717, 1.165) is 18.9 Å². The molecule has 2 aliphatic rings. The van der Waals surface area contributed by atoms with Gasteiger partial charge in [-0.2, -0.15) is 4.48 Å². The van der Waals surface area contributed by atoms with Gasteiger partial charge in [-0.1, -0.05) is 5.92 Å². The van der Waals surface area contributed by atoms with Gasteiger partial charge in [-0.3, -0.25) is 9.59 Å². The number of benzene rings is 2. The first-order valence-corrected chi connectivity index (χ1v) is 10.9. The number of nitrogens with zero attached hydrogens (tertiary/aromatic N) is 2. The van der Waals surface area contributed by atoms with Gasteiger partial charge in [0.2, 0.25) is 5.54 Å². The van der Waals surface area contributed by atoms with Crippen molar-refractivity contribution in [3.63, 3.8) is 0 Å². The van der Waals surface area contributed by atoms with Gasteiger partial charge in [-0.05, 0) is 43.2 Å². The maximum Gasteiger partial charge on any atom is 0.420 e. The molecule has 33 heavy (non-hydrogen) atoms. The topological polar surface area (TPSA) is 106 Å². The van der Waals surface area contributed by atoms with E-state index in [-0.39, 0.29) is 30.0 Å². The van der Waals surface area contributed by atoms with Crippen molar-refractivity contribution < 1.29 is 18.8 Å². The standard InChI is InChI=1S/C25H25FN4O3/c1-2-17-6-9-19(10-7-17)30(24(28)33)15-5-12-25(30,23(27)32)20-11-8-18(16-21(20)26)22(31)29-13-3-4-14-29/h1,6-11,16H,3-5,12-15H2,(H3-,27,28,32,33)/p+1/t25-,30?/m1/s1. The third-order valence-electron chi connectivity index (χ3n) is 7.00. The lowest BCUT2D eigenvalue weighted by Crippen LogP contribution is -2.70. The number of urea groups is 1. The van der Waals surface area contributed by atoms with Crippen LogP contribution in [0.25, 0.3) is 0 Å². The fourth-order valence-electron chi connectivity index (χ4n) is 5.41. The summed E-state index contributed by atoms with van der Waals surface area (Å²) >= 11 is 0. The van der Waals surface area contributed by atoms with Gasteiger partial charge in [-0.15, -0.1) is 6.42 Å². The van der Waals surface area contributed by atoms with E-state index in [0.29, 0.717) is 30.8 Å². The van der Waals surface area contributed by atoms with Gasteiger partial charge in [0.15, 0.2) is 0 Å². The predicted molar refractivity (Wildman–Crippen MR) is 122 cm³/mol. The van der Waals surface area contributed by atoms with E-state index in [1.54, 1.807) is 29.2 Å². The molecule has 2 aromatic carbocycles. The molecule has 0 saturated carbocycles. The molecule has 4 N–H and O–H groups in total. The molecule has 4 rings (SSSR count). The van der Waals surface area contributed by atoms with E-state index in [9.17, 15) is 14.4 Å². The van der Waals surface area contributed by atoms with Crippen LogP contribution in [0.4, 0.5) is 14.9 Å². The number of terminal acetylenes is 1. The molecule has 7 nitrogen and oxygen atoms in total. The van der Waals surface area contributed by atoms with E-state index < -0.39 is 27.8 Å². The van der Waals surface area contributed by atoms with E-state index in [1.165, 1.54) is 12.1 Å². The minimum atomic E-state index is -1.76. The minimum absolute atomic E-state index is 0.0506. The molecule has 2 aliphatic heterocycles. The highest BCUT2D eigenvalue weighted by Crippen LogP contribution is 2.49. The van der Waals surface area contributed by atoms with Crippen molar-refractivity contribution in [3.05, 3.63) is 65.0 Å². The average Bonchev–Trinajstić information content (AvgIpc) is 3.48. The fourth-order valence-corrected chi connectivity index (χ4v) is 5.41. The van der Waals surface area contributed by atoms with Crippen LogP contribution in [0.2, 0.25) is 0 Å². The zero-order valence-electron chi connectivity index (χ0n) is 18.2. The quantitative estimate of drug-likeness (QED) is 0.553. The van der Waals surface area contributed by atoms with Crippen LogP contribution >= 0.6 is 0 Å². The lowest BCUT2D eigenvalue weighted by molar-refractivity contribution is -0.127. The second-order valence-electron chi connectivity index (χ2n) is 8.58. The van der Waals surface area contributed by atoms with Crippen LogP contribution in [0.3, 0.4) is 0 Å². The van der Waals surface area contributed by atoms with Crippen LogP contribution in [-0.4, -0.2) is 42.4 Å². The number of amides is 4. The van der Waals surface area contributed by atoms with Crippen LogP contribution < -0.4 is 16.0 Å². The van der Waals surface area contributed by atoms with Crippen molar-refractivity contribution in [2.75, 3.05) is 19.6 Å². The predicted octanol–water partition coefficient (Wildman–Crippen LogP) is 2.60. The Hall–Kier alpha value is -3.70. The molecule has 1 unspecified atom stereocenters. The smallest absolute Gasteiger partial charge is 0.364 e. The average molecular weight is 450 g/mol. The molecule has 0 radical (unpaired) electrons. The van der Waals surface area contributed by atoms with Crippen LogP contribution in [-0.2, 0) is 10.3 Å². The number of quaternary nitrogens is 1. The molecular formula is C25H26FN4O3+. The van der Waals surface area contributed by atoms with Gasteiger partial charge in [0, 0.05) is 49.2 Å². The van der Waals surface area contributed by atoms with Crippen LogP contribution in [0, 0.1) is 18.2 Å². The van der Waals surface area contributed by atoms with Gasteiger partial charge in [0.05, 0.1) is 12.1 Å². The number of primary amides is 2. The Morgan fingerprint density at radius 2 is 1.70 bits per heavy atom. The van der Waals surface area contributed by atoms with Crippen LogP contribution in [0.15, 0.2) is 42.5 Å². The Morgan fingerprint density at radius 3 is 2.24 bits per heavy atom. The van der Waals surface area contributed by atoms with Crippen molar-refractivity contribution >= 4 is 23.5 Å². The van der Waals surface area contributed by atoms with E-state index in [1.807, 2.05) is 0 Å². The Kier molecular flexibility index (Phi) is 5.68. The first-order chi connectivity index (χ1) is 15.8. The second-order valence-corrected chi connectivity index (χ2v) is 8.58. The van der Waals surface area contributed by atoms with Crippen molar-refractivity contribution in [2.24, 2.45) is 11.5 Å². The number of hydrogen-bond donors (Lipinski definition) is 2. The summed E-state index contributed by atoms with van der Waals surface area (Å²) < 4.78 is 15.0. The molecule has 2 atom stereocenters. The summed E-state index contributed by atoms with van der Waals surface area (Å²) in [5, 5.41) is 0. The highest BCUT2D eigenvalue weighted by Gasteiger charge is 2.66. The number of halogens is 1. The summed E-state index contributed by atoms with van der Waals surface area (Å²) in [5.74, 6) is 0.597. The Bertz CT molecular complexity index is 1170. The molecule has 0 spiro atoms. The zero-order valence-corrected chi connectivity index (χ0v) is 18.2. The molecule has 2 heterocycles. The molecule has 170 valence electrons. The highest BCUT2D eigenvalue weighted by molar-refractivity contribution is 6.00. The van der Waals surface area contributed by atoms with Gasteiger partial charge >= 0.3 is 6.03 Å². The number of carbonyl (C=O) groups excluding carboxylic acids is 3. The van der Waals surface area contributed by atoms with Crippen LogP contribution in [0.1, 0.15) is 47.2 Å². The maximum atomic E-state index is 15.6. The van der Waals surface area contributed by atoms with Gasteiger partial charge in [0.25, 0.3) is 11.8 Å². The third-order valence-corrected chi connectivity index (χ3v) is 7.00. The largest absolute Gasteiger partial charge is 0.420 e. The van der Waals surface area contributed by atoms with Gasteiger partial charge in [0.1, 0.15) is 11.5 Å². The molecule has 0 aliphatic carbocycles. The molecule has 2 saturated heterocycles. The van der Waals surface area contributed by atoms with Crippen molar-refractivity contribution in [2.45, 2.75) is 31.2 Å². The number of hydrogen-bond acceptors (Lipinski definition) is 3. The summed E-state index contributed by atoms with van der Waals surface area (Å²) in [5.41, 5.74) is 11.2. The Morgan fingerprint density at radius 1 is 1.03 bits per heavy atom. The van der Waals surface area contributed by atoms with Gasteiger partial charge < -0.3 is 16.4 Å². The molecule has 0 bridgehead atoms. The highest BCUT2D eigenvalue weighted by atomic mass is 19.1. The SMILES string of the molecule is C#Cc1ccc([N+]2(C(N)=O)CCC[C@]2(C(N)=O)c2ccc(C(=O)N3CCCC3)cc2F)cc1. The molecule has 2 aromatic rings. The second kappa shape index (κ2) is 8.34. The summed E-state index contributed by atoms with van der Waals surface area (Å²) in [6, 6.07) is 9.68. The first kappa shape index (κ1) is 22.5. The van der Waals surface area contributed by atoms with Crippen molar-refractivity contribution in [3.8, 4) is 12.3 Å². The monoisotopic (exact) mass is 449 g/mol. The molecule has 0 aromatic heterocycles. The van der Waals surface area contributed by atoms with Gasteiger partial charge in [-0.25, -0.2) is 9.18 Å². The fraction of sp³-hybridized carbons (Fsp3) is 0.320. The number of carbonyl (C=O) groups is 3. The summed E-state index contributed by atoms with van der Waals surface area (Å²) in [7, 11) is 0. The van der Waals surface area contributed by atoms with E-state index in [4.69, 9.17) is 17.9 Å². The first-order valence-electron chi connectivity index (χ1n) is 10.9. The van der Waals surface area contributed by atoms with Crippen molar-refractivity contribution in [1.82, 2.24) is 9.38 Å². The zero-order chi connectivity index (χ0) is 23.8. The number of nitrogens with two attached hydrogens (primary N) is 2. The lowest BCUT2D eigenvalue weighted by atomic mass is 9.83. The molecule has 8 heteroatoms. The Balaban J connectivity index is 1.87. The molecule has 4 amide bonds. The normalized spacial score (nSPS) is 24.4. The van der Waals surface area contributed by atoms with E-state index in [2.05, 4.69) is 5.92 Å². The summed E-state index contributed by atoms with van der Waals surface area (Å²) in [6.45, 7) is 1.42. The van der Waals surface area contributed by atoms with Crippen LogP contribution in [0.5, 0.6) is 0 Å². The molecular weight excluding hydrogens is 423 g/mol. The maximum absolute atomic E-state index is 15.6. The van der Waals surface area contributed by atoms with Crippen molar-refractivity contribution in [1.29, 1.82) is 0 Å².